The Morgan fingerprint density at radius 3 is 2.26 bits per heavy atom. The van der Waals surface area contributed by atoms with Crippen molar-refractivity contribution in [3.8, 4) is 5.75 Å². The number of nitrogens with one attached hydrogen (secondary N) is 2. The van der Waals surface area contributed by atoms with Gasteiger partial charge in [0, 0.05) is 24.1 Å². The van der Waals surface area contributed by atoms with Crippen LogP contribution in [0, 0.1) is 0 Å². The lowest BCUT2D eigenvalue weighted by molar-refractivity contribution is -0.916. The summed E-state index contributed by atoms with van der Waals surface area (Å²) in [6, 6.07) is 12.7. The summed E-state index contributed by atoms with van der Waals surface area (Å²) in [6.45, 7) is 0.993. The zero-order valence-electron chi connectivity index (χ0n) is 15.0. The summed E-state index contributed by atoms with van der Waals surface area (Å²) < 4.78 is 43.0. The number of carbonyl (C=O) groups is 1. The molecule has 144 valence electrons. The Kier molecular flexibility index (Phi) is 5.70. The fourth-order valence-electron chi connectivity index (χ4n) is 3.00. The second kappa shape index (κ2) is 8.00. The van der Waals surface area contributed by atoms with E-state index in [4.69, 9.17) is 4.74 Å². The molecule has 0 bridgehead atoms. The zero-order chi connectivity index (χ0) is 19.4. The van der Waals surface area contributed by atoms with E-state index in [2.05, 4.69) is 5.32 Å². The molecular weight excluding hydrogens is 357 g/mol. The van der Waals surface area contributed by atoms with Crippen molar-refractivity contribution in [3.63, 3.8) is 0 Å². The first kappa shape index (κ1) is 19.2. The van der Waals surface area contributed by atoms with Gasteiger partial charge in [-0.25, -0.2) is 0 Å². The molecule has 7 heteroatoms. The molecule has 1 unspecified atom stereocenters. The average molecular weight is 379 g/mol. The summed E-state index contributed by atoms with van der Waals surface area (Å²) in [7, 11) is 1.61. The lowest BCUT2D eigenvalue weighted by atomic mass is 10.2. The third-order valence-corrected chi connectivity index (χ3v) is 4.63. The number of hydrogen-bond donors (Lipinski definition) is 2. The molecule has 0 aromatic heterocycles. The molecule has 0 saturated heterocycles. The molecule has 2 aromatic rings. The van der Waals surface area contributed by atoms with E-state index in [1.165, 1.54) is 12.1 Å². The number of quaternary nitrogens is 1. The van der Waals surface area contributed by atoms with Crippen molar-refractivity contribution in [2.75, 3.05) is 19.0 Å². The molecule has 0 aliphatic heterocycles. The van der Waals surface area contributed by atoms with Crippen molar-refractivity contribution in [1.29, 1.82) is 0 Å². The minimum Gasteiger partial charge on any atom is -0.497 e. The van der Waals surface area contributed by atoms with Crippen molar-refractivity contribution < 1.29 is 27.6 Å². The molecule has 2 aromatic carbocycles. The molecule has 0 spiro atoms. The topological polar surface area (TPSA) is 42.8 Å². The van der Waals surface area contributed by atoms with Gasteiger partial charge in [-0.15, -0.1) is 0 Å². The van der Waals surface area contributed by atoms with Crippen LogP contribution in [0.2, 0.25) is 0 Å². The van der Waals surface area contributed by atoms with E-state index in [1.54, 1.807) is 7.11 Å². The quantitative estimate of drug-likeness (QED) is 0.777. The summed E-state index contributed by atoms with van der Waals surface area (Å²) in [6.07, 6.45) is -2.22. The van der Waals surface area contributed by atoms with Crippen molar-refractivity contribution >= 4 is 11.6 Å². The first-order valence-electron chi connectivity index (χ1n) is 8.80. The summed E-state index contributed by atoms with van der Waals surface area (Å²) >= 11 is 0. The summed E-state index contributed by atoms with van der Waals surface area (Å²) in [5.74, 6) is 0.580. The highest BCUT2D eigenvalue weighted by molar-refractivity contribution is 5.91. The third kappa shape index (κ3) is 5.47. The number of hydrogen-bond acceptors (Lipinski definition) is 2. The van der Waals surface area contributed by atoms with E-state index >= 15 is 0 Å². The molecule has 27 heavy (non-hydrogen) atoms. The molecular formula is C20H22F3N2O2+. The van der Waals surface area contributed by atoms with Gasteiger partial charge in [0.2, 0.25) is 0 Å². The van der Waals surface area contributed by atoms with E-state index in [0.717, 1.165) is 47.7 Å². The number of halogens is 3. The number of anilines is 1. The predicted molar refractivity (Wildman–Crippen MR) is 95.6 cm³/mol. The second-order valence-corrected chi connectivity index (χ2v) is 6.76. The summed E-state index contributed by atoms with van der Waals surface area (Å²) in [5, 5.41) is 2.69. The summed E-state index contributed by atoms with van der Waals surface area (Å²) in [5.41, 5.74) is 0.748. The van der Waals surface area contributed by atoms with Gasteiger partial charge in [-0.05, 0) is 48.5 Å². The highest BCUT2D eigenvalue weighted by Crippen LogP contribution is 2.29. The third-order valence-electron chi connectivity index (χ3n) is 4.63. The van der Waals surface area contributed by atoms with E-state index < -0.39 is 11.7 Å². The largest absolute Gasteiger partial charge is 0.497 e. The molecule has 4 nitrogen and oxygen atoms in total. The van der Waals surface area contributed by atoms with Crippen LogP contribution in [0.15, 0.2) is 48.5 Å². The van der Waals surface area contributed by atoms with E-state index in [1.807, 2.05) is 24.3 Å². The van der Waals surface area contributed by atoms with Gasteiger partial charge < -0.3 is 15.0 Å². The van der Waals surface area contributed by atoms with E-state index in [0.29, 0.717) is 11.7 Å². The smallest absolute Gasteiger partial charge is 0.416 e. The fraction of sp³-hybridized carbons (Fsp3) is 0.350. The van der Waals surface area contributed by atoms with Crippen LogP contribution in [-0.4, -0.2) is 25.6 Å². The molecule has 3 rings (SSSR count). The van der Waals surface area contributed by atoms with Gasteiger partial charge in [0.1, 0.15) is 12.3 Å². The maximum atomic E-state index is 12.6. The first-order chi connectivity index (χ1) is 12.8. The maximum absolute atomic E-state index is 12.6. The van der Waals surface area contributed by atoms with Crippen LogP contribution < -0.4 is 15.0 Å². The average Bonchev–Trinajstić information content (AvgIpc) is 3.46. The number of benzene rings is 2. The SMILES string of the molecule is COc1ccc(C[NH+](CC(=O)Nc2ccc(C(F)(F)F)cc2)C2CC2)cc1. The second-order valence-electron chi connectivity index (χ2n) is 6.76. The van der Waals surface area contributed by atoms with Crippen molar-refractivity contribution in [3.05, 3.63) is 59.7 Å². The maximum Gasteiger partial charge on any atom is 0.416 e. The minimum absolute atomic E-state index is 0.204. The predicted octanol–water partition coefficient (Wildman–Crippen LogP) is 2.90. The molecule has 1 saturated carbocycles. The van der Waals surface area contributed by atoms with Gasteiger partial charge >= 0.3 is 6.18 Å². The molecule has 0 heterocycles. The van der Waals surface area contributed by atoms with Crippen molar-refractivity contribution in [1.82, 2.24) is 0 Å². The number of alkyl halides is 3. The van der Waals surface area contributed by atoms with Gasteiger partial charge in [0.15, 0.2) is 6.54 Å². The van der Waals surface area contributed by atoms with Gasteiger partial charge in [-0.2, -0.15) is 13.2 Å². The Morgan fingerprint density at radius 1 is 1.11 bits per heavy atom. The monoisotopic (exact) mass is 379 g/mol. The first-order valence-corrected chi connectivity index (χ1v) is 8.80. The van der Waals surface area contributed by atoms with Gasteiger partial charge in [0.05, 0.1) is 18.7 Å². The zero-order valence-corrected chi connectivity index (χ0v) is 15.0. The van der Waals surface area contributed by atoms with Crippen LogP contribution in [0.3, 0.4) is 0 Å². The van der Waals surface area contributed by atoms with E-state index in [-0.39, 0.29) is 12.5 Å². The Bertz CT molecular complexity index is 769. The van der Waals surface area contributed by atoms with Crippen LogP contribution in [0.25, 0.3) is 0 Å². The minimum atomic E-state index is -4.38. The Balaban J connectivity index is 1.58. The van der Waals surface area contributed by atoms with Gasteiger partial charge in [-0.1, -0.05) is 0 Å². The Hall–Kier alpha value is -2.54. The molecule has 1 aliphatic carbocycles. The molecule has 1 amide bonds. The number of rotatable bonds is 7. The van der Waals surface area contributed by atoms with Crippen LogP contribution in [0.5, 0.6) is 5.75 Å². The number of ether oxygens (including phenoxy) is 1. The van der Waals surface area contributed by atoms with Crippen LogP contribution in [0.4, 0.5) is 18.9 Å². The molecule has 2 N–H and O–H groups in total. The van der Waals surface area contributed by atoms with Crippen molar-refractivity contribution in [2.24, 2.45) is 0 Å². The standard InChI is InChI=1S/C20H21F3N2O2/c1-27-18-10-2-14(3-11-18)12-25(17-8-9-17)13-19(26)24-16-6-4-15(5-7-16)20(21,22)23/h2-7,10-11,17H,8-9,12-13H2,1H3,(H,24,26)/p+1. The van der Waals surface area contributed by atoms with Gasteiger partial charge in [0.25, 0.3) is 5.91 Å². The van der Waals surface area contributed by atoms with Crippen molar-refractivity contribution in [2.45, 2.75) is 31.6 Å². The fourth-order valence-corrected chi connectivity index (χ4v) is 3.00. The molecule has 1 fully saturated rings. The van der Waals surface area contributed by atoms with Crippen LogP contribution >= 0.6 is 0 Å². The Labute approximate surface area is 155 Å². The highest BCUT2D eigenvalue weighted by atomic mass is 19.4. The van der Waals surface area contributed by atoms with Crippen LogP contribution in [-0.2, 0) is 17.5 Å². The molecule has 1 atom stereocenters. The lowest BCUT2D eigenvalue weighted by Crippen LogP contribution is -3.13. The number of carbonyl (C=O) groups excluding carboxylic acids is 1. The number of amides is 1. The molecule has 1 aliphatic rings. The Morgan fingerprint density at radius 2 is 1.74 bits per heavy atom. The molecule has 0 radical (unpaired) electrons. The summed E-state index contributed by atoms with van der Waals surface area (Å²) in [4.78, 5) is 13.5. The lowest BCUT2D eigenvalue weighted by Gasteiger charge is -2.19. The number of methoxy groups -OCH3 is 1. The van der Waals surface area contributed by atoms with Crippen LogP contribution in [0.1, 0.15) is 24.0 Å². The highest BCUT2D eigenvalue weighted by Gasteiger charge is 2.34. The van der Waals surface area contributed by atoms with Gasteiger partial charge in [-0.3, -0.25) is 4.79 Å². The normalized spacial score (nSPS) is 15.3. The van der Waals surface area contributed by atoms with E-state index in [9.17, 15) is 18.0 Å².